The second kappa shape index (κ2) is 17.2. The molecule has 0 radical (unpaired) electrons. The number of rotatable bonds is 14. The van der Waals surface area contributed by atoms with Crippen LogP contribution in [0.2, 0.25) is 0 Å². The monoisotopic (exact) mass is 648 g/mol. The maximum absolute atomic E-state index is 14.3. The molecule has 1 fully saturated rings. The molecule has 0 saturated heterocycles. The molecule has 0 unspecified atom stereocenters. The summed E-state index contributed by atoms with van der Waals surface area (Å²) in [7, 11) is 0. The zero-order valence-corrected chi connectivity index (χ0v) is 24.2. The molecule has 2 aromatic rings. The van der Waals surface area contributed by atoms with Crippen molar-refractivity contribution < 1.29 is 65.2 Å². The Morgan fingerprint density at radius 3 is 1.37 bits per heavy atom. The first-order chi connectivity index (χ1) is 21.9. The van der Waals surface area contributed by atoms with Crippen molar-refractivity contribution in [3.8, 4) is 11.5 Å². The Morgan fingerprint density at radius 1 is 0.674 bits per heavy atom. The maximum Gasteiger partial charge on any atom is 0.369 e. The molecule has 46 heavy (non-hydrogen) atoms. The molecule has 1 saturated carbocycles. The topological polar surface area (TPSA) is 124 Å². The van der Waals surface area contributed by atoms with Gasteiger partial charge in [0.15, 0.2) is 0 Å². The Bertz CT molecular complexity index is 1410. The predicted molar refractivity (Wildman–Crippen MR) is 153 cm³/mol. The van der Waals surface area contributed by atoms with E-state index in [2.05, 4.69) is 22.6 Å². The van der Waals surface area contributed by atoms with Crippen molar-refractivity contribution in [1.82, 2.24) is 0 Å². The summed E-state index contributed by atoms with van der Waals surface area (Å²) in [5.41, 5.74) is 0.103. The summed E-state index contributed by atoms with van der Waals surface area (Å²) in [6.45, 7) is 4.23. The molecule has 0 amide bonds. The molecule has 10 nitrogen and oxygen atoms in total. The highest BCUT2D eigenvalue weighted by molar-refractivity contribution is 5.88. The largest absolute Gasteiger partial charge is 0.459 e. The molecule has 244 valence electrons. The van der Waals surface area contributed by atoms with Gasteiger partial charge in [0.05, 0.1) is 0 Å². The van der Waals surface area contributed by atoms with Gasteiger partial charge in [0.2, 0.25) is 25.2 Å². The number of carbonyl (C=O) groups is 4. The van der Waals surface area contributed by atoms with E-state index < -0.39 is 73.0 Å². The van der Waals surface area contributed by atoms with E-state index >= 15 is 0 Å². The molecule has 0 aliphatic heterocycles. The van der Waals surface area contributed by atoms with Gasteiger partial charge in [-0.2, -0.15) is 8.78 Å². The fourth-order valence-corrected chi connectivity index (χ4v) is 3.91. The van der Waals surface area contributed by atoms with E-state index in [9.17, 15) is 36.7 Å². The summed E-state index contributed by atoms with van der Waals surface area (Å²) in [5, 5.41) is 0. The maximum atomic E-state index is 14.3. The van der Waals surface area contributed by atoms with Crippen molar-refractivity contribution in [2.75, 3.05) is 13.6 Å². The van der Waals surface area contributed by atoms with Crippen LogP contribution in [0.1, 0.15) is 36.8 Å². The van der Waals surface area contributed by atoms with E-state index in [0.717, 1.165) is 24.3 Å². The highest BCUT2D eigenvalue weighted by Gasteiger charge is 2.25. The molecule has 0 spiro atoms. The third-order valence-electron chi connectivity index (χ3n) is 6.20. The van der Waals surface area contributed by atoms with Crippen molar-refractivity contribution in [3.05, 3.63) is 96.1 Å². The van der Waals surface area contributed by atoms with Crippen LogP contribution in [0.15, 0.2) is 73.4 Å². The molecule has 0 N–H and O–H groups in total. The average Bonchev–Trinajstić information content (AvgIpc) is 3.01. The fourth-order valence-electron chi connectivity index (χ4n) is 3.91. The van der Waals surface area contributed by atoms with Gasteiger partial charge >= 0.3 is 23.9 Å². The lowest BCUT2D eigenvalue weighted by Crippen LogP contribution is -2.29. The van der Waals surface area contributed by atoms with Gasteiger partial charge in [0.25, 0.3) is 0 Å². The summed E-state index contributed by atoms with van der Waals surface area (Å²) in [6.07, 6.45) is 5.28. The molecule has 1 aliphatic rings. The normalized spacial score (nSPS) is 16.0. The molecule has 1 aliphatic carbocycles. The Hall–Kier alpha value is -5.40. The molecular formula is C32H28F4O10. The van der Waals surface area contributed by atoms with Crippen molar-refractivity contribution in [3.63, 3.8) is 0 Å². The SMILES string of the molecule is C=C(F)C(=O)OCOc1ccc(C=CC(=O)OC2CCC(OC(=O)C=Cc3ccc(OCOC(=O)C(=C)F)cc3F)CC2)c(F)c1. The van der Waals surface area contributed by atoms with Gasteiger partial charge < -0.3 is 28.4 Å². The summed E-state index contributed by atoms with van der Waals surface area (Å²) < 4.78 is 83.4. The third kappa shape index (κ3) is 11.6. The van der Waals surface area contributed by atoms with E-state index in [1.165, 1.54) is 36.4 Å². The first-order valence-corrected chi connectivity index (χ1v) is 13.6. The van der Waals surface area contributed by atoms with Gasteiger partial charge in [-0.05, 0) is 62.1 Å². The first-order valence-electron chi connectivity index (χ1n) is 13.6. The van der Waals surface area contributed by atoms with Crippen molar-refractivity contribution >= 4 is 36.0 Å². The number of hydrogen-bond acceptors (Lipinski definition) is 10. The summed E-state index contributed by atoms with van der Waals surface area (Å²) >= 11 is 0. The fraction of sp³-hybridized carbons (Fsp3) is 0.250. The van der Waals surface area contributed by atoms with Crippen LogP contribution in [-0.4, -0.2) is 49.7 Å². The second-order valence-electron chi connectivity index (χ2n) is 9.50. The summed E-state index contributed by atoms with van der Waals surface area (Å²) in [4.78, 5) is 46.4. The minimum atomic E-state index is -1.30. The minimum absolute atomic E-state index is 0.00116. The van der Waals surface area contributed by atoms with Crippen LogP contribution in [0.5, 0.6) is 11.5 Å². The van der Waals surface area contributed by atoms with Crippen LogP contribution in [-0.2, 0) is 38.1 Å². The van der Waals surface area contributed by atoms with Crippen LogP contribution < -0.4 is 9.47 Å². The minimum Gasteiger partial charge on any atom is -0.459 e. The first kappa shape index (κ1) is 35.1. The smallest absolute Gasteiger partial charge is 0.369 e. The standard InChI is InChI=1S/C32H28F4O10/c1-19(33)31(39)43-17-41-25-7-3-21(27(35)15-25)5-13-29(37)45-23-9-11-24(12-10-23)46-30(38)14-6-22-4-8-26(16-28(22)36)42-18-44-32(40)20(2)34/h3-8,13-16,23-24H,1-2,9-12,17-18H2. The molecule has 2 aromatic carbocycles. The van der Waals surface area contributed by atoms with Gasteiger partial charge in [-0.15, -0.1) is 0 Å². The van der Waals surface area contributed by atoms with Crippen LogP contribution in [0.4, 0.5) is 17.6 Å². The Kier molecular flexibility index (Phi) is 13.1. The van der Waals surface area contributed by atoms with Crippen molar-refractivity contribution in [2.45, 2.75) is 37.9 Å². The lowest BCUT2D eigenvalue weighted by Gasteiger charge is -2.27. The van der Waals surface area contributed by atoms with Crippen LogP contribution in [0.3, 0.4) is 0 Å². The average molecular weight is 649 g/mol. The molecule has 0 atom stereocenters. The van der Waals surface area contributed by atoms with Crippen LogP contribution >= 0.6 is 0 Å². The Balaban J connectivity index is 1.38. The predicted octanol–water partition coefficient (Wildman–Crippen LogP) is 5.81. The number of ether oxygens (including phenoxy) is 6. The second-order valence-corrected chi connectivity index (χ2v) is 9.50. The number of esters is 4. The van der Waals surface area contributed by atoms with Crippen LogP contribution in [0, 0.1) is 11.6 Å². The van der Waals surface area contributed by atoms with Gasteiger partial charge in [-0.3, -0.25) is 0 Å². The van der Waals surface area contributed by atoms with Gasteiger partial charge in [0, 0.05) is 35.4 Å². The van der Waals surface area contributed by atoms with E-state index in [-0.39, 0.29) is 22.6 Å². The Morgan fingerprint density at radius 2 is 1.04 bits per heavy atom. The zero-order chi connectivity index (χ0) is 33.6. The van der Waals surface area contributed by atoms with Gasteiger partial charge in [-0.25, -0.2) is 28.0 Å². The Labute approximate surface area is 260 Å². The molecule has 0 aromatic heterocycles. The van der Waals surface area contributed by atoms with Gasteiger partial charge in [-0.1, -0.05) is 13.2 Å². The van der Waals surface area contributed by atoms with Crippen LogP contribution in [0.25, 0.3) is 12.2 Å². The van der Waals surface area contributed by atoms with Crippen molar-refractivity contribution in [2.24, 2.45) is 0 Å². The molecule has 0 heterocycles. The molecule has 3 rings (SSSR count). The molecule has 14 heteroatoms. The number of carbonyl (C=O) groups excluding carboxylic acids is 4. The summed E-state index contributed by atoms with van der Waals surface area (Å²) in [6, 6.07) is 7.30. The number of hydrogen-bond donors (Lipinski definition) is 0. The number of halogens is 4. The van der Waals surface area contributed by atoms with E-state index in [0.29, 0.717) is 25.7 Å². The quantitative estimate of drug-likeness (QED) is 0.0815. The number of benzene rings is 2. The zero-order valence-electron chi connectivity index (χ0n) is 24.2. The summed E-state index contributed by atoms with van der Waals surface area (Å²) in [5.74, 6) is -8.09. The van der Waals surface area contributed by atoms with Crippen molar-refractivity contribution in [1.29, 1.82) is 0 Å². The van der Waals surface area contributed by atoms with E-state index in [1.54, 1.807) is 0 Å². The van der Waals surface area contributed by atoms with Gasteiger partial charge in [0.1, 0.15) is 35.3 Å². The molecule has 0 bridgehead atoms. The molecular weight excluding hydrogens is 620 g/mol. The van der Waals surface area contributed by atoms with E-state index in [4.69, 9.17) is 18.9 Å². The highest BCUT2D eigenvalue weighted by Crippen LogP contribution is 2.25. The third-order valence-corrected chi connectivity index (χ3v) is 6.20. The highest BCUT2D eigenvalue weighted by atomic mass is 19.1. The lowest BCUT2D eigenvalue weighted by molar-refractivity contribution is -0.151. The van der Waals surface area contributed by atoms with E-state index in [1.807, 2.05) is 0 Å². The lowest BCUT2D eigenvalue weighted by atomic mass is 9.95.